The molecule has 14 heavy (non-hydrogen) atoms. The Bertz CT molecular complexity index is 158. The summed E-state index contributed by atoms with van der Waals surface area (Å²) in [7, 11) is 0. The minimum Gasteiger partial charge on any atom is -0.391 e. The first kappa shape index (κ1) is 10.4. The number of nitrogens with one attached hydrogen (secondary N) is 1. The number of rotatable bonds is 2. The van der Waals surface area contributed by atoms with Crippen LogP contribution in [-0.4, -0.2) is 23.8 Å². The fraction of sp³-hybridized carbons (Fsp3) is 1.00. The molecular formula is C12H23NO. The van der Waals surface area contributed by atoms with E-state index in [9.17, 15) is 5.11 Å². The summed E-state index contributed by atoms with van der Waals surface area (Å²) < 4.78 is 0. The topological polar surface area (TPSA) is 32.3 Å². The molecule has 2 heteroatoms. The van der Waals surface area contributed by atoms with Crippen LogP contribution in [-0.2, 0) is 0 Å². The van der Waals surface area contributed by atoms with Crippen molar-refractivity contribution in [1.82, 2.24) is 5.32 Å². The number of aliphatic hydroxyl groups is 1. The Morgan fingerprint density at radius 2 is 1.64 bits per heavy atom. The smallest absolute Gasteiger partial charge is 0.0721 e. The largest absolute Gasteiger partial charge is 0.391 e. The lowest BCUT2D eigenvalue weighted by molar-refractivity contribution is 0.0672. The summed E-state index contributed by atoms with van der Waals surface area (Å²) in [5.41, 5.74) is 0. The van der Waals surface area contributed by atoms with Gasteiger partial charge in [0.2, 0.25) is 0 Å². The average molecular weight is 197 g/mol. The van der Waals surface area contributed by atoms with Crippen molar-refractivity contribution in [3.8, 4) is 0 Å². The zero-order chi connectivity index (χ0) is 9.80. The van der Waals surface area contributed by atoms with E-state index >= 15 is 0 Å². The van der Waals surface area contributed by atoms with Gasteiger partial charge >= 0.3 is 0 Å². The molecule has 1 aliphatic heterocycles. The standard InChI is InChI=1S/C12H23NO/c14-12(11-8-5-9-13-11)10-6-3-1-2-4-7-10/h10-14H,1-9H2. The lowest BCUT2D eigenvalue weighted by atomic mass is 9.89. The van der Waals surface area contributed by atoms with Gasteiger partial charge in [-0.15, -0.1) is 0 Å². The van der Waals surface area contributed by atoms with Gasteiger partial charge in [0.25, 0.3) is 0 Å². The van der Waals surface area contributed by atoms with Crippen molar-refractivity contribution in [2.24, 2.45) is 5.92 Å². The van der Waals surface area contributed by atoms with Crippen LogP contribution in [0.5, 0.6) is 0 Å². The van der Waals surface area contributed by atoms with Crippen LogP contribution in [0.25, 0.3) is 0 Å². The molecule has 0 amide bonds. The first-order valence-corrected chi connectivity index (χ1v) is 6.29. The van der Waals surface area contributed by atoms with Crippen molar-refractivity contribution in [3.05, 3.63) is 0 Å². The first-order valence-electron chi connectivity index (χ1n) is 6.29. The van der Waals surface area contributed by atoms with Crippen molar-refractivity contribution in [2.75, 3.05) is 6.54 Å². The zero-order valence-electron chi connectivity index (χ0n) is 9.04. The summed E-state index contributed by atoms with van der Waals surface area (Å²) >= 11 is 0. The maximum Gasteiger partial charge on any atom is 0.0721 e. The molecule has 1 aliphatic carbocycles. The van der Waals surface area contributed by atoms with Crippen LogP contribution in [0.4, 0.5) is 0 Å². The molecule has 2 unspecified atom stereocenters. The van der Waals surface area contributed by atoms with Crippen LogP contribution in [0, 0.1) is 5.92 Å². The predicted molar refractivity (Wildman–Crippen MR) is 58.2 cm³/mol. The molecule has 1 heterocycles. The quantitative estimate of drug-likeness (QED) is 0.664. The molecule has 0 spiro atoms. The van der Waals surface area contributed by atoms with Gasteiger partial charge in [-0.05, 0) is 38.1 Å². The molecule has 1 saturated carbocycles. The molecule has 2 aliphatic rings. The highest BCUT2D eigenvalue weighted by molar-refractivity contribution is 4.86. The number of hydrogen-bond acceptors (Lipinski definition) is 2. The van der Waals surface area contributed by atoms with Gasteiger partial charge < -0.3 is 10.4 Å². The Kier molecular flexibility index (Phi) is 3.82. The monoisotopic (exact) mass is 197 g/mol. The normalized spacial score (nSPS) is 32.8. The maximum atomic E-state index is 10.2. The first-order chi connectivity index (χ1) is 6.88. The molecule has 0 radical (unpaired) electrons. The molecule has 0 aromatic carbocycles. The summed E-state index contributed by atoms with van der Waals surface area (Å²) in [6.07, 6.45) is 10.3. The van der Waals surface area contributed by atoms with Gasteiger partial charge in [-0.2, -0.15) is 0 Å². The summed E-state index contributed by atoms with van der Waals surface area (Å²) in [5.74, 6) is 0.577. The second-order valence-electron chi connectivity index (χ2n) is 4.95. The third-order valence-corrected chi connectivity index (χ3v) is 3.89. The molecule has 1 saturated heterocycles. The van der Waals surface area contributed by atoms with Crippen molar-refractivity contribution >= 4 is 0 Å². The van der Waals surface area contributed by atoms with Crippen LogP contribution in [0.2, 0.25) is 0 Å². The molecule has 2 N–H and O–H groups in total. The van der Waals surface area contributed by atoms with Gasteiger partial charge in [-0.25, -0.2) is 0 Å². The van der Waals surface area contributed by atoms with Crippen molar-refractivity contribution in [3.63, 3.8) is 0 Å². The summed E-state index contributed by atoms with van der Waals surface area (Å²) in [6.45, 7) is 1.11. The minimum absolute atomic E-state index is 0.0735. The predicted octanol–water partition coefficient (Wildman–Crippen LogP) is 2.07. The van der Waals surface area contributed by atoms with Crippen LogP contribution >= 0.6 is 0 Å². The highest BCUT2D eigenvalue weighted by Gasteiger charge is 2.29. The van der Waals surface area contributed by atoms with Crippen LogP contribution in [0.3, 0.4) is 0 Å². The van der Waals surface area contributed by atoms with Gasteiger partial charge in [-0.1, -0.05) is 25.7 Å². The van der Waals surface area contributed by atoms with E-state index in [-0.39, 0.29) is 6.10 Å². The molecule has 0 bridgehead atoms. The van der Waals surface area contributed by atoms with E-state index in [1.165, 1.54) is 51.4 Å². The lowest BCUT2D eigenvalue weighted by Crippen LogP contribution is -2.39. The van der Waals surface area contributed by atoms with Crippen LogP contribution < -0.4 is 5.32 Å². The van der Waals surface area contributed by atoms with E-state index in [0.29, 0.717) is 12.0 Å². The molecule has 2 rings (SSSR count). The number of aliphatic hydroxyl groups excluding tert-OH is 1. The van der Waals surface area contributed by atoms with E-state index < -0.39 is 0 Å². The molecule has 2 atom stereocenters. The van der Waals surface area contributed by atoms with Crippen LogP contribution in [0.1, 0.15) is 51.4 Å². The molecular weight excluding hydrogens is 174 g/mol. The third-order valence-electron chi connectivity index (χ3n) is 3.89. The van der Waals surface area contributed by atoms with Crippen LogP contribution in [0.15, 0.2) is 0 Å². The second kappa shape index (κ2) is 5.13. The van der Waals surface area contributed by atoms with Gasteiger partial charge in [-0.3, -0.25) is 0 Å². The van der Waals surface area contributed by atoms with Crippen molar-refractivity contribution < 1.29 is 5.11 Å². The second-order valence-corrected chi connectivity index (χ2v) is 4.95. The van der Waals surface area contributed by atoms with Crippen molar-refractivity contribution in [2.45, 2.75) is 63.5 Å². The summed E-state index contributed by atoms with van der Waals surface area (Å²) in [6, 6.07) is 0.401. The highest BCUT2D eigenvalue weighted by atomic mass is 16.3. The average Bonchev–Trinajstić information content (AvgIpc) is 2.59. The van der Waals surface area contributed by atoms with Gasteiger partial charge in [0.05, 0.1) is 6.10 Å². The van der Waals surface area contributed by atoms with Gasteiger partial charge in [0.1, 0.15) is 0 Å². The van der Waals surface area contributed by atoms with E-state index in [4.69, 9.17) is 0 Å². The van der Waals surface area contributed by atoms with E-state index in [1.807, 2.05) is 0 Å². The lowest BCUT2D eigenvalue weighted by Gasteiger charge is -2.26. The zero-order valence-corrected chi connectivity index (χ0v) is 9.04. The fourth-order valence-electron chi connectivity index (χ4n) is 2.98. The third kappa shape index (κ3) is 2.48. The molecule has 2 nitrogen and oxygen atoms in total. The van der Waals surface area contributed by atoms with Gasteiger partial charge in [0, 0.05) is 6.04 Å². The SMILES string of the molecule is OC(C1CCCCCC1)C1CCCN1. The fourth-order valence-corrected chi connectivity index (χ4v) is 2.98. The molecule has 0 aromatic rings. The van der Waals surface area contributed by atoms with Gasteiger partial charge in [0.15, 0.2) is 0 Å². The van der Waals surface area contributed by atoms with E-state index in [2.05, 4.69) is 5.32 Å². The molecule has 82 valence electrons. The Labute approximate surface area is 87.1 Å². The molecule has 2 fully saturated rings. The number of hydrogen-bond donors (Lipinski definition) is 2. The molecule has 0 aromatic heterocycles. The van der Waals surface area contributed by atoms with E-state index in [0.717, 1.165) is 6.54 Å². The summed E-state index contributed by atoms with van der Waals surface area (Å²) in [4.78, 5) is 0. The Balaban J connectivity index is 1.84. The Morgan fingerprint density at radius 3 is 2.21 bits per heavy atom. The highest BCUT2D eigenvalue weighted by Crippen LogP contribution is 2.28. The Morgan fingerprint density at radius 1 is 0.929 bits per heavy atom. The maximum absolute atomic E-state index is 10.2. The Hall–Kier alpha value is -0.0800. The summed E-state index contributed by atoms with van der Waals surface area (Å²) in [5, 5.41) is 13.7. The minimum atomic E-state index is -0.0735. The van der Waals surface area contributed by atoms with E-state index in [1.54, 1.807) is 0 Å². The van der Waals surface area contributed by atoms with Crippen molar-refractivity contribution in [1.29, 1.82) is 0 Å².